The van der Waals surface area contributed by atoms with Crippen molar-refractivity contribution in [2.45, 2.75) is 38.8 Å². The molecule has 0 bridgehead atoms. The summed E-state index contributed by atoms with van der Waals surface area (Å²) >= 11 is 0. The fourth-order valence-corrected chi connectivity index (χ4v) is 4.20. The molecule has 1 aliphatic rings. The first kappa shape index (κ1) is 20.7. The highest BCUT2D eigenvalue weighted by atomic mass is 16.5. The molecular formula is C24H24N2O5. The van der Waals surface area contributed by atoms with Crippen LogP contribution >= 0.6 is 0 Å². The SMILES string of the molecule is COC(=O)Cc1cccc(CNC(=O)c2c(O)c3cccc4c3n(c2=O)C(C)CC4)c1. The molecule has 7 heteroatoms. The van der Waals surface area contributed by atoms with Crippen molar-refractivity contribution in [3.05, 3.63) is 75.1 Å². The average Bonchev–Trinajstić information content (AvgIpc) is 2.76. The van der Waals surface area contributed by atoms with Crippen LogP contribution in [0.3, 0.4) is 0 Å². The molecule has 2 heterocycles. The number of benzene rings is 2. The molecule has 0 radical (unpaired) electrons. The topological polar surface area (TPSA) is 97.6 Å². The quantitative estimate of drug-likeness (QED) is 0.619. The van der Waals surface area contributed by atoms with Gasteiger partial charge in [-0.2, -0.15) is 0 Å². The molecule has 1 unspecified atom stereocenters. The first-order valence-electron chi connectivity index (χ1n) is 10.2. The second kappa shape index (κ2) is 8.26. The molecule has 7 nitrogen and oxygen atoms in total. The highest BCUT2D eigenvalue weighted by Gasteiger charge is 2.27. The number of nitrogens with one attached hydrogen (secondary N) is 1. The van der Waals surface area contributed by atoms with Gasteiger partial charge in [0.2, 0.25) is 0 Å². The molecule has 3 aromatic rings. The largest absolute Gasteiger partial charge is 0.506 e. The lowest BCUT2D eigenvalue weighted by atomic mass is 9.95. The third-order valence-electron chi connectivity index (χ3n) is 5.80. The number of esters is 1. The van der Waals surface area contributed by atoms with Crippen molar-refractivity contribution >= 4 is 22.8 Å². The smallest absolute Gasteiger partial charge is 0.309 e. The zero-order valence-corrected chi connectivity index (χ0v) is 17.5. The second-order valence-corrected chi connectivity index (χ2v) is 7.86. The number of ether oxygens (including phenoxy) is 1. The highest BCUT2D eigenvalue weighted by molar-refractivity contribution is 6.03. The van der Waals surface area contributed by atoms with E-state index in [-0.39, 0.29) is 36.3 Å². The van der Waals surface area contributed by atoms with Crippen LogP contribution in [0.2, 0.25) is 0 Å². The molecule has 1 amide bonds. The van der Waals surface area contributed by atoms with Crippen LogP contribution in [-0.2, 0) is 28.9 Å². The summed E-state index contributed by atoms with van der Waals surface area (Å²) in [6, 6.07) is 12.6. The predicted octanol–water partition coefficient (Wildman–Crippen LogP) is 2.86. The fraction of sp³-hybridized carbons (Fsp3) is 0.292. The second-order valence-electron chi connectivity index (χ2n) is 7.86. The number of hydrogen-bond donors (Lipinski definition) is 2. The Morgan fingerprint density at radius 1 is 1.19 bits per heavy atom. The van der Waals surface area contributed by atoms with Crippen molar-refractivity contribution < 1.29 is 19.4 Å². The van der Waals surface area contributed by atoms with Crippen molar-refractivity contribution in [3.63, 3.8) is 0 Å². The van der Waals surface area contributed by atoms with Crippen LogP contribution in [0.4, 0.5) is 0 Å². The molecule has 0 saturated heterocycles. The van der Waals surface area contributed by atoms with Gasteiger partial charge >= 0.3 is 5.97 Å². The number of pyridine rings is 1. The van der Waals surface area contributed by atoms with Crippen LogP contribution in [0, 0.1) is 0 Å². The van der Waals surface area contributed by atoms with Gasteiger partial charge in [-0.1, -0.05) is 36.4 Å². The van der Waals surface area contributed by atoms with Crippen LogP contribution in [-0.4, -0.2) is 28.7 Å². The van der Waals surface area contributed by atoms with Crippen molar-refractivity contribution in [2.75, 3.05) is 7.11 Å². The van der Waals surface area contributed by atoms with E-state index in [1.54, 1.807) is 28.8 Å². The van der Waals surface area contributed by atoms with Gasteiger partial charge in [-0.05, 0) is 42.5 Å². The maximum absolute atomic E-state index is 13.2. The van der Waals surface area contributed by atoms with Gasteiger partial charge in [0.25, 0.3) is 11.5 Å². The summed E-state index contributed by atoms with van der Waals surface area (Å²) in [5.41, 5.74) is 2.50. The van der Waals surface area contributed by atoms with Gasteiger partial charge in [0.1, 0.15) is 11.3 Å². The Bertz CT molecular complexity index is 1240. The number of amides is 1. The minimum absolute atomic E-state index is 0.0629. The first-order chi connectivity index (χ1) is 14.9. The van der Waals surface area contributed by atoms with Crippen LogP contribution < -0.4 is 10.9 Å². The number of carbonyl (C=O) groups excluding carboxylic acids is 2. The van der Waals surface area contributed by atoms with Gasteiger partial charge in [-0.3, -0.25) is 14.4 Å². The molecule has 160 valence electrons. The van der Waals surface area contributed by atoms with E-state index in [9.17, 15) is 19.5 Å². The standard InChI is InChI=1S/C24H24N2O5/c1-14-9-10-17-7-4-8-18-21(17)26(14)24(30)20(22(18)28)23(29)25-13-16-6-3-5-15(11-16)12-19(27)31-2/h3-8,11,14,28H,9-10,12-13H2,1-2H3,(H,25,29). The average molecular weight is 420 g/mol. The Morgan fingerprint density at radius 2 is 1.94 bits per heavy atom. The number of aromatic nitrogens is 1. The number of rotatable bonds is 5. The lowest BCUT2D eigenvalue weighted by Gasteiger charge is -2.26. The van der Waals surface area contributed by atoms with Gasteiger partial charge in [0.05, 0.1) is 19.0 Å². The van der Waals surface area contributed by atoms with Crippen molar-refractivity contribution in [3.8, 4) is 5.75 Å². The number of carbonyl (C=O) groups is 2. The molecule has 2 N–H and O–H groups in total. The van der Waals surface area contributed by atoms with E-state index in [1.807, 2.05) is 25.1 Å². The molecular weight excluding hydrogens is 396 g/mol. The van der Waals surface area contributed by atoms with E-state index >= 15 is 0 Å². The van der Waals surface area contributed by atoms with Gasteiger partial charge in [-0.15, -0.1) is 0 Å². The van der Waals surface area contributed by atoms with E-state index in [1.165, 1.54) is 7.11 Å². The molecule has 0 spiro atoms. The van der Waals surface area contributed by atoms with Gasteiger partial charge in [0, 0.05) is 18.0 Å². The van der Waals surface area contributed by atoms with Crippen molar-refractivity contribution in [1.29, 1.82) is 0 Å². The lowest BCUT2D eigenvalue weighted by Crippen LogP contribution is -2.35. The zero-order valence-electron chi connectivity index (χ0n) is 17.5. The Balaban J connectivity index is 1.65. The Kier molecular flexibility index (Phi) is 5.50. The summed E-state index contributed by atoms with van der Waals surface area (Å²) in [4.78, 5) is 37.6. The van der Waals surface area contributed by atoms with Crippen LogP contribution in [0.5, 0.6) is 5.75 Å². The summed E-state index contributed by atoms with van der Waals surface area (Å²) in [5.74, 6) is -1.27. The molecule has 0 aliphatic carbocycles. The number of aromatic hydroxyl groups is 1. The first-order valence-corrected chi connectivity index (χ1v) is 10.2. The normalized spacial score (nSPS) is 15.0. The minimum Gasteiger partial charge on any atom is -0.506 e. The molecule has 0 fully saturated rings. The lowest BCUT2D eigenvalue weighted by molar-refractivity contribution is -0.139. The summed E-state index contributed by atoms with van der Waals surface area (Å²) in [6.45, 7) is 2.10. The van der Waals surface area contributed by atoms with Crippen LogP contribution in [0.15, 0.2) is 47.3 Å². The van der Waals surface area contributed by atoms with Gasteiger partial charge < -0.3 is 19.7 Å². The van der Waals surface area contributed by atoms with E-state index in [0.29, 0.717) is 10.9 Å². The minimum atomic E-state index is -0.630. The number of nitrogens with zero attached hydrogens (tertiary/aromatic N) is 1. The molecule has 1 atom stereocenters. The fourth-order valence-electron chi connectivity index (χ4n) is 4.20. The Hall–Kier alpha value is -3.61. The molecule has 1 aromatic heterocycles. The van der Waals surface area contributed by atoms with Gasteiger partial charge in [-0.25, -0.2) is 0 Å². The highest BCUT2D eigenvalue weighted by Crippen LogP contribution is 2.34. The number of methoxy groups -OCH3 is 1. The summed E-state index contributed by atoms with van der Waals surface area (Å²) < 4.78 is 6.31. The third kappa shape index (κ3) is 3.79. The third-order valence-corrected chi connectivity index (χ3v) is 5.80. The van der Waals surface area contributed by atoms with E-state index < -0.39 is 11.5 Å². The van der Waals surface area contributed by atoms with Crippen molar-refractivity contribution in [2.24, 2.45) is 0 Å². The number of hydrogen-bond acceptors (Lipinski definition) is 5. The van der Waals surface area contributed by atoms with Crippen LogP contribution in [0.25, 0.3) is 10.9 Å². The zero-order chi connectivity index (χ0) is 22.1. The summed E-state index contributed by atoms with van der Waals surface area (Å²) in [6.07, 6.45) is 1.75. The van der Waals surface area contributed by atoms with Crippen LogP contribution in [0.1, 0.15) is 46.4 Å². The van der Waals surface area contributed by atoms with Crippen molar-refractivity contribution in [1.82, 2.24) is 9.88 Å². The summed E-state index contributed by atoms with van der Waals surface area (Å²) in [7, 11) is 1.33. The van der Waals surface area contributed by atoms with E-state index in [4.69, 9.17) is 0 Å². The Morgan fingerprint density at radius 3 is 2.71 bits per heavy atom. The Labute approximate surface area is 179 Å². The molecule has 4 rings (SSSR count). The number of para-hydroxylation sites is 1. The monoisotopic (exact) mass is 420 g/mol. The molecule has 0 saturated carbocycles. The maximum atomic E-state index is 13.2. The summed E-state index contributed by atoms with van der Waals surface area (Å²) in [5, 5.41) is 14.0. The predicted molar refractivity (Wildman–Crippen MR) is 116 cm³/mol. The molecule has 1 aliphatic heterocycles. The molecule has 2 aromatic carbocycles. The maximum Gasteiger partial charge on any atom is 0.309 e. The van der Waals surface area contributed by atoms with E-state index in [2.05, 4.69) is 10.1 Å². The van der Waals surface area contributed by atoms with E-state index in [0.717, 1.165) is 29.5 Å². The molecule has 31 heavy (non-hydrogen) atoms. The number of aryl methyl sites for hydroxylation is 1. The van der Waals surface area contributed by atoms with Gasteiger partial charge in [0.15, 0.2) is 0 Å².